The van der Waals surface area contributed by atoms with E-state index in [1.54, 1.807) is 6.20 Å². The van der Waals surface area contributed by atoms with Crippen molar-refractivity contribution in [2.24, 2.45) is 5.92 Å². The van der Waals surface area contributed by atoms with Crippen molar-refractivity contribution in [3.05, 3.63) is 42.4 Å². The van der Waals surface area contributed by atoms with Gasteiger partial charge in [0.2, 0.25) is 0 Å². The lowest BCUT2D eigenvalue weighted by Gasteiger charge is -2.11. The molecule has 2 rings (SSSR count). The summed E-state index contributed by atoms with van der Waals surface area (Å²) in [4.78, 5) is 13.2. The van der Waals surface area contributed by atoms with E-state index in [0.717, 1.165) is 9.21 Å². The number of rotatable bonds is 5. The van der Waals surface area contributed by atoms with Crippen molar-refractivity contribution < 1.29 is 0 Å². The van der Waals surface area contributed by atoms with Crippen LogP contribution < -0.4 is 10.9 Å². The Morgan fingerprint density at radius 3 is 2.85 bits per heavy atom. The standard InChI is InChI=1S/C13H15BrClN3OS/c1-8(2)7-18-13(19)12(14)10(6-17-18)16-5-9-3-4-11(15)20-9/h3-4,6,8,16H,5,7H2,1-2H3. The van der Waals surface area contributed by atoms with Crippen LogP contribution in [0.4, 0.5) is 5.69 Å². The van der Waals surface area contributed by atoms with Crippen LogP contribution in [0.15, 0.2) is 27.6 Å². The van der Waals surface area contributed by atoms with Gasteiger partial charge in [0.05, 0.1) is 16.2 Å². The number of thiophene rings is 1. The van der Waals surface area contributed by atoms with Crippen molar-refractivity contribution in [2.45, 2.75) is 26.9 Å². The maximum absolute atomic E-state index is 12.1. The van der Waals surface area contributed by atoms with Crippen molar-refractivity contribution in [3.63, 3.8) is 0 Å². The summed E-state index contributed by atoms with van der Waals surface area (Å²) in [5.41, 5.74) is 0.576. The fraction of sp³-hybridized carbons (Fsp3) is 0.385. The van der Waals surface area contributed by atoms with Gasteiger partial charge in [0.15, 0.2) is 0 Å². The number of anilines is 1. The summed E-state index contributed by atoms with van der Waals surface area (Å²) in [7, 11) is 0. The summed E-state index contributed by atoms with van der Waals surface area (Å²) >= 11 is 10.7. The smallest absolute Gasteiger partial charge is 0.283 e. The lowest BCUT2D eigenvalue weighted by Crippen LogP contribution is -2.26. The van der Waals surface area contributed by atoms with Crippen LogP contribution in [0.5, 0.6) is 0 Å². The molecule has 0 aromatic carbocycles. The topological polar surface area (TPSA) is 46.9 Å². The molecule has 0 unspecified atom stereocenters. The van der Waals surface area contributed by atoms with Crippen molar-refractivity contribution >= 4 is 44.6 Å². The van der Waals surface area contributed by atoms with Gasteiger partial charge in [-0.05, 0) is 34.0 Å². The third kappa shape index (κ3) is 3.84. The fourth-order valence-electron chi connectivity index (χ4n) is 1.69. The lowest BCUT2D eigenvalue weighted by molar-refractivity contribution is 0.462. The van der Waals surface area contributed by atoms with E-state index in [-0.39, 0.29) is 5.56 Å². The summed E-state index contributed by atoms with van der Waals surface area (Å²) in [5.74, 6) is 0.374. The Hall–Kier alpha value is -0.850. The second-order valence-corrected chi connectivity index (χ2v) is 7.41. The van der Waals surface area contributed by atoms with Crippen molar-refractivity contribution in [1.82, 2.24) is 9.78 Å². The van der Waals surface area contributed by atoms with E-state index < -0.39 is 0 Å². The molecule has 0 aliphatic carbocycles. The van der Waals surface area contributed by atoms with E-state index in [2.05, 4.69) is 40.2 Å². The quantitative estimate of drug-likeness (QED) is 0.858. The first-order valence-corrected chi connectivity index (χ1v) is 8.20. The van der Waals surface area contributed by atoms with Crippen molar-refractivity contribution in [1.29, 1.82) is 0 Å². The van der Waals surface area contributed by atoms with Crippen LogP contribution >= 0.6 is 38.9 Å². The molecule has 0 saturated carbocycles. The van der Waals surface area contributed by atoms with Gasteiger partial charge >= 0.3 is 0 Å². The van der Waals surface area contributed by atoms with Gasteiger partial charge in [0, 0.05) is 18.0 Å². The Balaban J connectivity index is 2.13. The summed E-state index contributed by atoms with van der Waals surface area (Å²) in [5, 5.41) is 7.38. The van der Waals surface area contributed by atoms with Gasteiger partial charge in [-0.15, -0.1) is 11.3 Å². The highest BCUT2D eigenvalue weighted by Gasteiger charge is 2.10. The maximum atomic E-state index is 12.1. The van der Waals surface area contributed by atoms with Gasteiger partial charge in [-0.2, -0.15) is 5.10 Å². The molecule has 0 radical (unpaired) electrons. The molecule has 0 bridgehead atoms. The molecule has 0 aliphatic rings. The maximum Gasteiger partial charge on any atom is 0.283 e. The molecule has 1 N–H and O–H groups in total. The Bertz CT molecular complexity index is 653. The molecule has 2 heterocycles. The molecule has 0 amide bonds. The average molecular weight is 377 g/mol. The first-order valence-electron chi connectivity index (χ1n) is 6.21. The fourth-order valence-corrected chi connectivity index (χ4v) is 3.17. The van der Waals surface area contributed by atoms with Crippen LogP contribution in [0.1, 0.15) is 18.7 Å². The first kappa shape index (κ1) is 15.5. The van der Waals surface area contributed by atoms with E-state index in [1.807, 2.05) is 12.1 Å². The van der Waals surface area contributed by atoms with Crippen molar-refractivity contribution in [2.75, 3.05) is 5.32 Å². The molecule has 2 aromatic heterocycles. The van der Waals surface area contributed by atoms with Crippen LogP contribution in [0.25, 0.3) is 0 Å². The third-order valence-electron chi connectivity index (χ3n) is 2.60. The monoisotopic (exact) mass is 375 g/mol. The number of halogens is 2. The van der Waals surface area contributed by atoms with Gasteiger partial charge in [0.25, 0.3) is 5.56 Å². The van der Waals surface area contributed by atoms with E-state index in [4.69, 9.17) is 11.6 Å². The number of aromatic nitrogens is 2. The molecule has 0 atom stereocenters. The average Bonchev–Trinajstić information content (AvgIpc) is 2.79. The van der Waals surface area contributed by atoms with Crippen LogP contribution in [0, 0.1) is 5.92 Å². The van der Waals surface area contributed by atoms with Crippen LogP contribution in [0.2, 0.25) is 4.34 Å². The predicted molar refractivity (Wildman–Crippen MR) is 87.7 cm³/mol. The zero-order valence-corrected chi connectivity index (χ0v) is 14.3. The minimum atomic E-state index is -0.118. The Labute approximate surface area is 134 Å². The molecule has 0 spiro atoms. The molecule has 108 valence electrons. The molecule has 0 aliphatic heterocycles. The van der Waals surface area contributed by atoms with Gasteiger partial charge in [0.1, 0.15) is 4.47 Å². The highest BCUT2D eigenvalue weighted by atomic mass is 79.9. The number of nitrogens with one attached hydrogen (secondary N) is 1. The minimum absolute atomic E-state index is 0.118. The van der Waals surface area contributed by atoms with Crippen molar-refractivity contribution in [3.8, 4) is 0 Å². The summed E-state index contributed by atoms with van der Waals surface area (Å²) in [6, 6.07) is 3.82. The van der Waals surface area contributed by atoms with Gasteiger partial charge in [-0.1, -0.05) is 25.4 Å². The number of nitrogens with zero attached hydrogens (tertiary/aromatic N) is 2. The summed E-state index contributed by atoms with van der Waals surface area (Å²) < 4.78 is 2.74. The second-order valence-electron chi connectivity index (χ2n) is 4.81. The molecule has 0 saturated heterocycles. The molecule has 4 nitrogen and oxygen atoms in total. The molecule has 0 fully saturated rings. The second kappa shape index (κ2) is 6.74. The zero-order chi connectivity index (χ0) is 14.7. The molecular formula is C13H15BrClN3OS. The van der Waals surface area contributed by atoms with Crippen LogP contribution in [-0.4, -0.2) is 9.78 Å². The lowest BCUT2D eigenvalue weighted by atomic mass is 10.2. The summed E-state index contributed by atoms with van der Waals surface area (Å²) in [6.07, 6.45) is 1.67. The van der Waals surface area contributed by atoms with Gasteiger partial charge in [-0.25, -0.2) is 4.68 Å². The summed E-state index contributed by atoms with van der Waals surface area (Å²) in [6.45, 7) is 5.33. The van der Waals surface area contributed by atoms with Gasteiger partial charge in [-0.3, -0.25) is 4.79 Å². The largest absolute Gasteiger partial charge is 0.378 e. The highest BCUT2D eigenvalue weighted by Crippen LogP contribution is 2.23. The van der Waals surface area contributed by atoms with E-state index in [0.29, 0.717) is 29.2 Å². The Morgan fingerprint density at radius 2 is 2.25 bits per heavy atom. The highest BCUT2D eigenvalue weighted by molar-refractivity contribution is 9.10. The Morgan fingerprint density at radius 1 is 1.50 bits per heavy atom. The molecule has 20 heavy (non-hydrogen) atoms. The molecule has 7 heteroatoms. The predicted octanol–water partition coefficient (Wildman–Crippen LogP) is 3.99. The van der Waals surface area contributed by atoms with E-state index in [9.17, 15) is 4.79 Å². The Kier molecular flexibility index (Phi) is 5.23. The zero-order valence-electron chi connectivity index (χ0n) is 11.2. The SMILES string of the molecule is CC(C)Cn1ncc(NCc2ccc(Cl)s2)c(Br)c1=O. The molecular weight excluding hydrogens is 362 g/mol. The van der Waals surface area contributed by atoms with E-state index >= 15 is 0 Å². The number of hydrogen-bond acceptors (Lipinski definition) is 4. The molecule has 2 aromatic rings. The van der Waals surface area contributed by atoms with Crippen LogP contribution in [-0.2, 0) is 13.1 Å². The van der Waals surface area contributed by atoms with Crippen LogP contribution in [0.3, 0.4) is 0 Å². The third-order valence-corrected chi connectivity index (χ3v) is 4.60. The first-order chi connectivity index (χ1) is 9.47. The normalized spacial score (nSPS) is 11.1. The minimum Gasteiger partial charge on any atom is -0.378 e. The number of hydrogen-bond donors (Lipinski definition) is 1. The van der Waals surface area contributed by atoms with E-state index in [1.165, 1.54) is 16.0 Å². The van der Waals surface area contributed by atoms with Gasteiger partial charge < -0.3 is 5.32 Å².